The second-order valence-corrected chi connectivity index (χ2v) is 7.29. The van der Waals surface area contributed by atoms with Gasteiger partial charge in [-0.3, -0.25) is 10.1 Å². The quantitative estimate of drug-likeness (QED) is 0.271. The minimum Gasteiger partial charge on any atom is -0.502 e. The normalized spacial score (nSPS) is 11.5. The first-order chi connectivity index (χ1) is 15.6. The number of hydrogen-bond acceptors (Lipinski definition) is 7. The lowest BCUT2D eigenvalue weighted by atomic mass is 10.0. The van der Waals surface area contributed by atoms with E-state index in [1.165, 1.54) is 0 Å². The molecule has 154 valence electrons. The summed E-state index contributed by atoms with van der Waals surface area (Å²) < 4.78 is 11.6. The SMILES string of the molecule is O=[N+]([O-])c1c(O)c(-c2nc3ccccc3o2)cc2cc(-c3nc4ccccc4o3)ccc12. The van der Waals surface area contributed by atoms with Crippen LogP contribution in [0.2, 0.25) is 0 Å². The zero-order valence-corrected chi connectivity index (χ0v) is 16.4. The summed E-state index contributed by atoms with van der Waals surface area (Å²) in [4.78, 5) is 20.1. The van der Waals surface area contributed by atoms with Gasteiger partial charge < -0.3 is 13.9 Å². The largest absolute Gasteiger partial charge is 0.502 e. The Labute approximate surface area is 179 Å². The third kappa shape index (κ3) is 2.70. The van der Waals surface area contributed by atoms with Crippen LogP contribution in [0, 0.1) is 10.1 Å². The van der Waals surface area contributed by atoms with Crippen molar-refractivity contribution >= 4 is 38.7 Å². The van der Waals surface area contributed by atoms with Crippen LogP contribution in [0.25, 0.3) is 55.9 Å². The third-order valence-corrected chi connectivity index (χ3v) is 5.33. The first kappa shape index (κ1) is 18.1. The number of nitro benzene ring substituents is 1. The Balaban J connectivity index is 1.59. The molecule has 6 aromatic rings. The van der Waals surface area contributed by atoms with E-state index in [0.29, 0.717) is 39.0 Å². The lowest BCUT2D eigenvalue weighted by Crippen LogP contribution is -1.93. The molecule has 0 radical (unpaired) electrons. The van der Waals surface area contributed by atoms with Gasteiger partial charge in [0.05, 0.1) is 15.9 Å². The van der Waals surface area contributed by atoms with Crippen LogP contribution in [0.5, 0.6) is 5.75 Å². The first-order valence-electron chi connectivity index (χ1n) is 9.74. The standard InChI is InChI=1S/C24H13N3O5/c28-22-16(24-26-18-6-2-4-8-20(18)32-24)12-14-11-13(9-10-15(14)21(22)27(29)30)23-25-17-5-1-3-7-19(17)31-23/h1-12,28H. The average molecular weight is 423 g/mol. The highest BCUT2D eigenvalue weighted by Crippen LogP contribution is 2.44. The van der Waals surface area contributed by atoms with Crippen molar-refractivity contribution in [3.63, 3.8) is 0 Å². The van der Waals surface area contributed by atoms with Gasteiger partial charge in [-0.05, 0) is 53.9 Å². The van der Waals surface area contributed by atoms with E-state index in [1.54, 1.807) is 42.5 Å². The Morgan fingerprint density at radius 2 is 1.44 bits per heavy atom. The van der Waals surface area contributed by atoms with Gasteiger partial charge in [0.25, 0.3) is 0 Å². The summed E-state index contributed by atoms with van der Waals surface area (Å²) in [6.45, 7) is 0. The number of rotatable bonds is 3. The molecule has 0 aliphatic carbocycles. The summed E-state index contributed by atoms with van der Waals surface area (Å²) in [5.41, 5.74) is 2.84. The van der Waals surface area contributed by atoms with Crippen molar-refractivity contribution in [3.8, 4) is 28.7 Å². The van der Waals surface area contributed by atoms with Crippen molar-refractivity contribution in [2.24, 2.45) is 0 Å². The molecule has 4 aromatic carbocycles. The fourth-order valence-corrected chi connectivity index (χ4v) is 3.84. The number of nitro groups is 1. The minimum absolute atomic E-state index is 0.0981. The average Bonchev–Trinajstić information content (AvgIpc) is 3.42. The zero-order chi connectivity index (χ0) is 21.8. The predicted octanol–water partition coefficient (Wildman–Crippen LogP) is 6.07. The number of nitrogens with zero attached hydrogens (tertiary/aromatic N) is 3. The Kier molecular flexibility index (Phi) is 3.75. The monoisotopic (exact) mass is 423 g/mol. The Morgan fingerprint density at radius 1 is 0.812 bits per heavy atom. The molecule has 0 amide bonds. The maximum Gasteiger partial charge on any atom is 0.319 e. The van der Waals surface area contributed by atoms with Gasteiger partial charge in [-0.25, -0.2) is 9.97 Å². The van der Waals surface area contributed by atoms with Crippen molar-refractivity contribution in [2.75, 3.05) is 0 Å². The summed E-state index contributed by atoms with van der Waals surface area (Å²) in [5.74, 6) is -0.00289. The van der Waals surface area contributed by atoms with Gasteiger partial charge in [0.1, 0.15) is 11.0 Å². The number of phenols is 1. The van der Waals surface area contributed by atoms with Gasteiger partial charge in [-0.1, -0.05) is 24.3 Å². The first-order valence-corrected chi connectivity index (χ1v) is 9.74. The van der Waals surface area contributed by atoms with E-state index in [2.05, 4.69) is 9.97 Å². The second kappa shape index (κ2) is 6.64. The van der Waals surface area contributed by atoms with Gasteiger partial charge in [-0.15, -0.1) is 0 Å². The third-order valence-electron chi connectivity index (χ3n) is 5.33. The van der Waals surface area contributed by atoms with E-state index in [4.69, 9.17) is 8.83 Å². The van der Waals surface area contributed by atoms with Gasteiger partial charge in [-0.2, -0.15) is 0 Å². The van der Waals surface area contributed by atoms with E-state index in [9.17, 15) is 15.2 Å². The molecule has 1 N–H and O–H groups in total. The minimum atomic E-state index is -0.608. The van der Waals surface area contributed by atoms with E-state index in [-0.39, 0.29) is 16.8 Å². The maximum absolute atomic E-state index is 11.8. The second-order valence-electron chi connectivity index (χ2n) is 7.29. The van der Waals surface area contributed by atoms with E-state index in [1.807, 2.05) is 30.3 Å². The number of fused-ring (bicyclic) bond motifs is 3. The van der Waals surface area contributed by atoms with Crippen LogP contribution in [0.3, 0.4) is 0 Å². The number of aromatic hydroxyl groups is 1. The molecule has 0 atom stereocenters. The van der Waals surface area contributed by atoms with Crippen molar-refractivity contribution in [1.82, 2.24) is 9.97 Å². The molecule has 2 heterocycles. The molecular weight excluding hydrogens is 410 g/mol. The van der Waals surface area contributed by atoms with Crippen LogP contribution in [-0.2, 0) is 0 Å². The highest BCUT2D eigenvalue weighted by molar-refractivity contribution is 6.00. The molecule has 0 bridgehead atoms. The van der Waals surface area contributed by atoms with Gasteiger partial charge in [0, 0.05) is 5.56 Å². The van der Waals surface area contributed by atoms with Crippen LogP contribution in [0.15, 0.2) is 81.6 Å². The van der Waals surface area contributed by atoms with Crippen LogP contribution in [0.1, 0.15) is 0 Å². The van der Waals surface area contributed by atoms with Crippen LogP contribution in [0.4, 0.5) is 5.69 Å². The number of aromatic nitrogens is 2. The molecule has 6 rings (SSSR count). The number of phenolic OH excluding ortho intramolecular Hbond substituents is 1. The summed E-state index contributed by atoms with van der Waals surface area (Å²) in [5, 5.41) is 23.4. The van der Waals surface area contributed by atoms with Crippen LogP contribution in [-0.4, -0.2) is 20.0 Å². The molecule has 8 heteroatoms. The summed E-state index contributed by atoms with van der Waals surface area (Å²) >= 11 is 0. The topological polar surface area (TPSA) is 115 Å². The molecule has 2 aromatic heterocycles. The van der Waals surface area contributed by atoms with Gasteiger partial charge in [0.2, 0.25) is 17.5 Å². The Hall–Kier alpha value is -4.72. The number of para-hydroxylation sites is 4. The Bertz CT molecular complexity index is 1620. The number of hydrogen-bond donors (Lipinski definition) is 1. The van der Waals surface area contributed by atoms with E-state index < -0.39 is 16.4 Å². The van der Waals surface area contributed by atoms with E-state index in [0.717, 1.165) is 0 Å². The fourth-order valence-electron chi connectivity index (χ4n) is 3.84. The maximum atomic E-state index is 11.8. The molecule has 32 heavy (non-hydrogen) atoms. The molecule has 0 fully saturated rings. The Morgan fingerprint density at radius 3 is 2.09 bits per heavy atom. The molecule has 0 aliphatic heterocycles. The summed E-state index contributed by atoms with van der Waals surface area (Å²) in [6, 6.07) is 21.1. The highest BCUT2D eigenvalue weighted by atomic mass is 16.6. The fraction of sp³-hybridized carbons (Fsp3) is 0. The lowest BCUT2D eigenvalue weighted by molar-refractivity contribution is -0.384. The van der Waals surface area contributed by atoms with Crippen LogP contribution >= 0.6 is 0 Å². The van der Waals surface area contributed by atoms with Crippen molar-refractivity contribution in [1.29, 1.82) is 0 Å². The predicted molar refractivity (Wildman–Crippen MR) is 118 cm³/mol. The zero-order valence-electron chi connectivity index (χ0n) is 16.4. The smallest absolute Gasteiger partial charge is 0.319 e. The molecular formula is C24H13N3O5. The van der Waals surface area contributed by atoms with Crippen molar-refractivity contribution in [3.05, 3.63) is 82.9 Å². The molecule has 0 saturated carbocycles. The summed E-state index contributed by atoms with van der Waals surface area (Å²) in [6.07, 6.45) is 0. The van der Waals surface area contributed by atoms with Crippen molar-refractivity contribution in [2.45, 2.75) is 0 Å². The highest BCUT2D eigenvalue weighted by Gasteiger charge is 2.26. The van der Waals surface area contributed by atoms with Crippen LogP contribution < -0.4 is 0 Å². The molecule has 0 aliphatic rings. The molecule has 0 spiro atoms. The summed E-state index contributed by atoms with van der Waals surface area (Å²) in [7, 11) is 0. The molecule has 0 unspecified atom stereocenters. The lowest BCUT2D eigenvalue weighted by Gasteiger charge is -2.07. The van der Waals surface area contributed by atoms with Gasteiger partial charge in [0.15, 0.2) is 11.2 Å². The van der Waals surface area contributed by atoms with Gasteiger partial charge >= 0.3 is 5.69 Å². The number of oxazole rings is 2. The van der Waals surface area contributed by atoms with Crippen molar-refractivity contribution < 1.29 is 18.9 Å². The number of benzene rings is 4. The van der Waals surface area contributed by atoms with E-state index >= 15 is 0 Å². The molecule has 8 nitrogen and oxygen atoms in total. The molecule has 0 saturated heterocycles.